The zero-order valence-corrected chi connectivity index (χ0v) is 17.4. The molecule has 0 aromatic carbocycles. The molecular weight excluding hydrogens is 439 g/mol. The highest BCUT2D eigenvalue weighted by Crippen LogP contribution is 2.40. The van der Waals surface area contributed by atoms with Crippen molar-refractivity contribution in [3.05, 3.63) is 45.0 Å². The lowest BCUT2D eigenvalue weighted by atomic mass is 10.1. The minimum atomic E-state index is -4.59. The fraction of sp³-hybridized carbons (Fsp3) is 0.316. The zero-order valence-electron chi connectivity index (χ0n) is 15.7. The molecule has 6 nitrogen and oxygen atoms in total. The largest absolute Gasteiger partial charge is 0.465 e. The van der Waals surface area contributed by atoms with Crippen LogP contribution >= 0.6 is 22.7 Å². The number of nitrogens with zero attached hydrogens (tertiary/aromatic N) is 3. The molecule has 0 radical (unpaired) electrons. The maximum absolute atomic E-state index is 13.7. The van der Waals surface area contributed by atoms with Crippen LogP contribution in [0.3, 0.4) is 0 Å². The van der Waals surface area contributed by atoms with E-state index in [0.717, 1.165) is 17.4 Å². The smallest absolute Gasteiger partial charge is 0.417 e. The lowest BCUT2D eigenvalue weighted by molar-refractivity contribution is -0.136. The number of pyridine rings is 1. The Balaban J connectivity index is 1.64. The molecule has 0 atom stereocenters. The lowest BCUT2D eigenvalue weighted by Crippen LogP contribution is -2.49. The molecule has 0 aliphatic carbocycles. The molecule has 3 aromatic heterocycles. The number of aromatic nitrogens is 1. The van der Waals surface area contributed by atoms with Crippen LogP contribution < -0.4 is 4.90 Å². The third kappa shape index (κ3) is 3.74. The summed E-state index contributed by atoms with van der Waals surface area (Å²) >= 11 is 2.17. The number of anilines is 1. The van der Waals surface area contributed by atoms with Gasteiger partial charge in [-0.3, -0.25) is 4.79 Å². The van der Waals surface area contributed by atoms with Crippen molar-refractivity contribution in [1.82, 2.24) is 9.88 Å². The maximum Gasteiger partial charge on any atom is 0.417 e. The molecule has 1 saturated heterocycles. The summed E-state index contributed by atoms with van der Waals surface area (Å²) in [5.41, 5.74) is -0.843. The molecule has 0 N–H and O–H groups in total. The molecule has 11 heteroatoms. The topological polar surface area (TPSA) is 62.7 Å². The predicted octanol–water partition coefficient (Wildman–Crippen LogP) is 4.13. The average molecular weight is 455 g/mol. The Morgan fingerprint density at radius 3 is 2.50 bits per heavy atom. The van der Waals surface area contributed by atoms with Crippen molar-refractivity contribution >= 4 is 50.6 Å². The molecule has 0 unspecified atom stereocenters. The number of amides is 1. The van der Waals surface area contributed by atoms with Gasteiger partial charge in [0.05, 0.1) is 33.3 Å². The Kier molecular flexibility index (Phi) is 5.41. The summed E-state index contributed by atoms with van der Waals surface area (Å²) in [4.78, 5) is 32.8. The van der Waals surface area contributed by atoms with Crippen molar-refractivity contribution < 1.29 is 27.5 Å². The number of halogens is 3. The van der Waals surface area contributed by atoms with Crippen LogP contribution in [0.1, 0.15) is 25.6 Å². The number of hydrogen-bond donors (Lipinski definition) is 0. The van der Waals surface area contributed by atoms with Crippen LogP contribution in [-0.4, -0.2) is 55.0 Å². The number of ether oxygens (including phenoxy) is 1. The van der Waals surface area contributed by atoms with Crippen LogP contribution in [0.5, 0.6) is 0 Å². The zero-order chi connectivity index (χ0) is 21.5. The summed E-state index contributed by atoms with van der Waals surface area (Å²) in [6, 6.07) is 4.55. The van der Waals surface area contributed by atoms with Gasteiger partial charge in [0.25, 0.3) is 5.91 Å². The highest BCUT2D eigenvalue weighted by molar-refractivity contribution is 7.17. The summed E-state index contributed by atoms with van der Waals surface area (Å²) in [5, 5.41) is 3.15. The van der Waals surface area contributed by atoms with E-state index in [1.54, 1.807) is 21.9 Å². The first-order valence-corrected chi connectivity index (χ1v) is 10.7. The van der Waals surface area contributed by atoms with E-state index in [9.17, 15) is 22.8 Å². The number of fused-ring (bicyclic) bond motifs is 1. The van der Waals surface area contributed by atoms with E-state index in [-0.39, 0.29) is 27.5 Å². The van der Waals surface area contributed by atoms with Crippen molar-refractivity contribution in [3.63, 3.8) is 0 Å². The Labute approximate surface area is 177 Å². The summed E-state index contributed by atoms with van der Waals surface area (Å²) < 4.78 is 45.6. The van der Waals surface area contributed by atoms with Gasteiger partial charge in [-0.15, -0.1) is 22.7 Å². The van der Waals surface area contributed by atoms with Crippen LogP contribution in [0.25, 0.3) is 10.2 Å². The number of alkyl halides is 3. The summed E-state index contributed by atoms with van der Waals surface area (Å²) in [6.45, 7) is 1.41. The fourth-order valence-electron chi connectivity index (χ4n) is 3.32. The standard InChI is InChI=1S/C19H16F3N3O3S2/c1-28-18(27)11-10-30-16-12(19(20,21)22)9-14(23-15(11)16)24-4-6-25(7-5-24)17(26)13-3-2-8-29-13/h2-3,8-10H,4-7H2,1H3. The van der Waals surface area contributed by atoms with Crippen molar-refractivity contribution in [1.29, 1.82) is 0 Å². The Hall–Kier alpha value is -2.66. The molecule has 1 amide bonds. The second-order valence-corrected chi connectivity index (χ2v) is 8.43. The normalized spacial score (nSPS) is 14.9. The van der Waals surface area contributed by atoms with E-state index in [0.29, 0.717) is 31.1 Å². The Morgan fingerprint density at radius 1 is 1.17 bits per heavy atom. The van der Waals surface area contributed by atoms with E-state index >= 15 is 0 Å². The first-order valence-electron chi connectivity index (χ1n) is 8.95. The second-order valence-electron chi connectivity index (χ2n) is 6.60. The predicted molar refractivity (Wildman–Crippen MR) is 108 cm³/mol. The molecule has 158 valence electrons. The van der Waals surface area contributed by atoms with E-state index in [4.69, 9.17) is 0 Å². The first-order chi connectivity index (χ1) is 14.3. The van der Waals surface area contributed by atoms with E-state index in [1.165, 1.54) is 23.8 Å². The minimum absolute atomic E-state index is 0.0105. The van der Waals surface area contributed by atoms with E-state index in [2.05, 4.69) is 9.72 Å². The monoisotopic (exact) mass is 455 g/mol. The number of carbonyl (C=O) groups is 2. The van der Waals surface area contributed by atoms with Gasteiger partial charge < -0.3 is 14.5 Å². The molecule has 3 aromatic rings. The number of piperazine rings is 1. The van der Waals surface area contributed by atoms with Crippen LogP contribution in [0, 0.1) is 0 Å². The van der Waals surface area contributed by atoms with Crippen molar-refractivity contribution in [2.24, 2.45) is 0 Å². The fourth-order valence-corrected chi connectivity index (χ4v) is 5.02. The third-order valence-electron chi connectivity index (χ3n) is 4.84. The Morgan fingerprint density at radius 2 is 1.90 bits per heavy atom. The third-order valence-corrected chi connectivity index (χ3v) is 6.70. The molecule has 1 aliphatic rings. The van der Waals surface area contributed by atoms with Gasteiger partial charge in [0.1, 0.15) is 5.82 Å². The van der Waals surface area contributed by atoms with Gasteiger partial charge in [-0.1, -0.05) is 6.07 Å². The second kappa shape index (κ2) is 7.88. The van der Waals surface area contributed by atoms with Gasteiger partial charge in [0.2, 0.25) is 0 Å². The molecular formula is C19H16F3N3O3S2. The molecule has 4 heterocycles. The van der Waals surface area contributed by atoms with Gasteiger partial charge in [-0.25, -0.2) is 9.78 Å². The number of carbonyl (C=O) groups excluding carboxylic acids is 2. The molecule has 0 bridgehead atoms. The van der Waals surface area contributed by atoms with Gasteiger partial charge in [-0.2, -0.15) is 13.2 Å². The van der Waals surface area contributed by atoms with E-state index in [1.807, 2.05) is 5.38 Å². The number of esters is 1. The SMILES string of the molecule is COC(=O)c1csc2c(C(F)(F)F)cc(N3CCN(C(=O)c4cccs4)CC3)nc12. The van der Waals surface area contributed by atoms with Gasteiger partial charge >= 0.3 is 12.1 Å². The van der Waals surface area contributed by atoms with E-state index < -0.39 is 17.7 Å². The molecule has 0 saturated carbocycles. The summed E-state index contributed by atoms with van der Waals surface area (Å²) in [5.74, 6) is -0.693. The molecule has 1 fully saturated rings. The molecule has 30 heavy (non-hydrogen) atoms. The minimum Gasteiger partial charge on any atom is -0.465 e. The van der Waals surface area contributed by atoms with Crippen LogP contribution in [-0.2, 0) is 10.9 Å². The highest BCUT2D eigenvalue weighted by atomic mass is 32.1. The lowest BCUT2D eigenvalue weighted by Gasteiger charge is -2.35. The molecule has 1 aliphatic heterocycles. The number of rotatable bonds is 3. The van der Waals surface area contributed by atoms with Crippen LogP contribution in [0.4, 0.5) is 19.0 Å². The number of thiophene rings is 2. The van der Waals surface area contributed by atoms with Crippen molar-refractivity contribution in [2.75, 3.05) is 38.2 Å². The highest BCUT2D eigenvalue weighted by Gasteiger charge is 2.36. The Bertz CT molecular complexity index is 1090. The quantitative estimate of drug-likeness (QED) is 0.556. The van der Waals surface area contributed by atoms with Gasteiger partial charge in [-0.05, 0) is 17.5 Å². The average Bonchev–Trinajstić information content (AvgIpc) is 3.41. The summed E-state index contributed by atoms with van der Waals surface area (Å²) in [7, 11) is 1.17. The van der Waals surface area contributed by atoms with Crippen molar-refractivity contribution in [3.8, 4) is 0 Å². The first kappa shape index (κ1) is 20.6. The van der Waals surface area contributed by atoms with Gasteiger partial charge in [0, 0.05) is 31.6 Å². The van der Waals surface area contributed by atoms with Crippen LogP contribution in [0.15, 0.2) is 29.0 Å². The molecule has 0 spiro atoms. The molecule has 4 rings (SSSR count). The number of hydrogen-bond acceptors (Lipinski definition) is 7. The van der Waals surface area contributed by atoms with Crippen LogP contribution in [0.2, 0.25) is 0 Å². The summed E-state index contributed by atoms with van der Waals surface area (Å²) in [6.07, 6.45) is -4.59. The maximum atomic E-state index is 13.7. The van der Waals surface area contributed by atoms with Gasteiger partial charge in [0.15, 0.2) is 0 Å². The number of methoxy groups -OCH3 is 1. The van der Waals surface area contributed by atoms with Crippen molar-refractivity contribution in [2.45, 2.75) is 6.18 Å².